The van der Waals surface area contributed by atoms with Gasteiger partial charge >= 0.3 is 0 Å². The standard InChI is InChI=1S/C18H19N/c1-18(2,3)15-9-5-7-11-17(15)19-13-12-14-8-4-6-10-16(14)19/h4-13H,1-3H3. The van der Waals surface area contributed by atoms with Gasteiger partial charge in [0.05, 0.1) is 5.52 Å². The van der Waals surface area contributed by atoms with Crippen molar-refractivity contribution in [3.8, 4) is 5.69 Å². The summed E-state index contributed by atoms with van der Waals surface area (Å²) in [5.41, 5.74) is 4.05. The Morgan fingerprint density at radius 2 is 1.47 bits per heavy atom. The van der Waals surface area contributed by atoms with Crippen LogP contribution in [-0.4, -0.2) is 4.57 Å². The molecule has 1 nitrogen and oxygen atoms in total. The molecule has 19 heavy (non-hydrogen) atoms. The molecule has 0 bridgehead atoms. The average Bonchev–Trinajstić information content (AvgIpc) is 2.81. The number of aromatic nitrogens is 1. The molecular weight excluding hydrogens is 230 g/mol. The van der Waals surface area contributed by atoms with E-state index >= 15 is 0 Å². The van der Waals surface area contributed by atoms with E-state index in [0.29, 0.717) is 0 Å². The molecule has 3 aromatic rings. The predicted octanol–water partition coefficient (Wildman–Crippen LogP) is 4.93. The quantitative estimate of drug-likeness (QED) is 0.576. The molecule has 0 fully saturated rings. The average molecular weight is 249 g/mol. The van der Waals surface area contributed by atoms with Crippen LogP contribution >= 0.6 is 0 Å². The van der Waals surface area contributed by atoms with Crippen LogP contribution in [0, 0.1) is 0 Å². The highest BCUT2D eigenvalue weighted by Crippen LogP contribution is 2.30. The van der Waals surface area contributed by atoms with Gasteiger partial charge in [-0.15, -0.1) is 0 Å². The van der Waals surface area contributed by atoms with Crippen LogP contribution in [0.3, 0.4) is 0 Å². The van der Waals surface area contributed by atoms with E-state index in [9.17, 15) is 0 Å². The van der Waals surface area contributed by atoms with Crippen molar-refractivity contribution in [1.29, 1.82) is 0 Å². The first-order valence-electron chi connectivity index (χ1n) is 6.73. The van der Waals surface area contributed by atoms with Gasteiger partial charge in [-0.3, -0.25) is 0 Å². The van der Waals surface area contributed by atoms with E-state index in [0.717, 1.165) is 0 Å². The number of fused-ring (bicyclic) bond motifs is 1. The zero-order valence-corrected chi connectivity index (χ0v) is 11.7. The maximum absolute atomic E-state index is 2.29. The molecule has 1 heteroatoms. The highest BCUT2D eigenvalue weighted by Gasteiger charge is 2.18. The minimum Gasteiger partial charge on any atom is -0.316 e. The summed E-state index contributed by atoms with van der Waals surface area (Å²) in [6, 6.07) is 19.3. The molecule has 0 saturated carbocycles. The minimum absolute atomic E-state index is 0.141. The Kier molecular flexibility index (Phi) is 2.70. The van der Waals surface area contributed by atoms with E-state index in [1.165, 1.54) is 22.2 Å². The molecule has 0 atom stereocenters. The summed E-state index contributed by atoms with van der Waals surface area (Å²) in [5, 5.41) is 1.28. The first-order chi connectivity index (χ1) is 9.07. The normalized spacial score (nSPS) is 11.9. The fourth-order valence-corrected chi connectivity index (χ4v) is 2.61. The van der Waals surface area contributed by atoms with Gasteiger partial charge in [0.2, 0.25) is 0 Å². The molecule has 96 valence electrons. The Morgan fingerprint density at radius 3 is 2.26 bits per heavy atom. The van der Waals surface area contributed by atoms with E-state index in [1.807, 2.05) is 0 Å². The molecule has 0 radical (unpaired) electrons. The number of nitrogens with zero attached hydrogens (tertiary/aromatic N) is 1. The first-order valence-corrected chi connectivity index (χ1v) is 6.73. The van der Waals surface area contributed by atoms with Crippen molar-refractivity contribution in [3.63, 3.8) is 0 Å². The summed E-state index contributed by atoms with van der Waals surface area (Å²) in [7, 11) is 0. The second kappa shape index (κ2) is 4.27. The van der Waals surface area contributed by atoms with Gasteiger partial charge in [-0.1, -0.05) is 57.2 Å². The highest BCUT2D eigenvalue weighted by molar-refractivity contribution is 5.82. The maximum atomic E-state index is 2.29. The molecule has 3 rings (SSSR count). The lowest BCUT2D eigenvalue weighted by molar-refractivity contribution is 0.587. The van der Waals surface area contributed by atoms with E-state index in [-0.39, 0.29) is 5.41 Å². The van der Waals surface area contributed by atoms with E-state index in [2.05, 4.69) is 86.1 Å². The fraction of sp³-hybridized carbons (Fsp3) is 0.222. The molecule has 1 aromatic heterocycles. The van der Waals surface area contributed by atoms with E-state index in [4.69, 9.17) is 0 Å². The lowest BCUT2D eigenvalue weighted by atomic mass is 9.86. The number of hydrogen-bond acceptors (Lipinski definition) is 0. The number of hydrogen-bond donors (Lipinski definition) is 0. The molecule has 0 aliphatic heterocycles. The Balaban J connectivity index is 2.28. The monoisotopic (exact) mass is 249 g/mol. The topological polar surface area (TPSA) is 4.93 Å². The van der Waals surface area contributed by atoms with Gasteiger partial charge in [-0.05, 0) is 34.6 Å². The Morgan fingerprint density at radius 1 is 0.789 bits per heavy atom. The van der Waals surface area contributed by atoms with Crippen LogP contribution in [0.25, 0.3) is 16.6 Å². The molecule has 0 N–H and O–H groups in total. The number of para-hydroxylation sites is 2. The number of rotatable bonds is 1. The van der Waals surface area contributed by atoms with Gasteiger partial charge in [-0.25, -0.2) is 0 Å². The maximum Gasteiger partial charge on any atom is 0.0528 e. The van der Waals surface area contributed by atoms with Crippen LogP contribution in [0.2, 0.25) is 0 Å². The van der Waals surface area contributed by atoms with Gasteiger partial charge in [0, 0.05) is 11.9 Å². The Bertz CT molecular complexity index is 714. The summed E-state index contributed by atoms with van der Waals surface area (Å²) in [4.78, 5) is 0. The fourth-order valence-electron chi connectivity index (χ4n) is 2.61. The van der Waals surface area contributed by atoms with E-state index in [1.54, 1.807) is 0 Å². The molecule has 0 unspecified atom stereocenters. The largest absolute Gasteiger partial charge is 0.316 e. The van der Waals surface area contributed by atoms with Gasteiger partial charge in [0.15, 0.2) is 0 Å². The lowest BCUT2D eigenvalue weighted by Crippen LogP contribution is -2.14. The van der Waals surface area contributed by atoms with Crippen LogP contribution in [0.15, 0.2) is 60.8 Å². The third-order valence-corrected chi connectivity index (χ3v) is 3.57. The smallest absolute Gasteiger partial charge is 0.0528 e. The second-order valence-electron chi connectivity index (χ2n) is 6.01. The molecule has 0 saturated heterocycles. The van der Waals surface area contributed by atoms with Gasteiger partial charge in [-0.2, -0.15) is 0 Å². The van der Waals surface area contributed by atoms with E-state index < -0.39 is 0 Å². The van der Waals surface area contributed by atoms with Crippen molar-refractivity contribution in [2.24, 2.45) is 0 Å². The molecule has 0 aliphatic carbocycles. The van der Waals surface area contributed by atoms with Crippen LogP contribution in [0.1, 0.15) is 26.3 Å². The van der Waals surface area contributed by atoms with Crippen LogP contribution in [0.4, 0.5) is 0 Å². The number of benzene rings is 2. The highest BCUT2D eigenvalue weighted by atomic mass is 15.0. The third-order valence-electron chi connectivity index (χ3n) is 3.57. The van der Waals surface area contributed by atoms with Crippen LogP contribution < -0.4 is 0 Å². The predicted molar refractivity (Wildman–Crippen MR) is 82.0 cm³/mol. The first kappa shape index (κ1) is 12.0. The second-order valence-corrected chi connectivity index (χ2v) is 6.01. The zero-order chi connectivity index (χ0) is 13.5. The van der Waals surface area contributed by atoms with Crippen molar-refractivity contribution < 1.29 is 0 Å². The summed E-state index contributed by atoms with van der Waals surface area (Å²) < 4.78 is 2.29. The van der Waals surface area contributed by atoms with Crippen molar-refractivity contribution in [3.05, 3.63) is 66.4 Å². The summed E-state index contributed by atoms with van der Waals surface area (Å²) >= 11 is 0. The molecular formula is C18H19N. The van der Waals surface area contributed by atoms with Crippen molar-refractivity contribution in [2.75, 3.05) is 0 Å². The Hall–Kier alpha value is -2.02. The van der Waals surface area contributed by atoms with Gasteiger partial charge in [0.1, 0.15) is 0 Å². The summed E-state index contributed by atoms with van der Waals surface area (Å²) in [6.45, 7) is 6.78. The van der Waals surface area contributed by atoms with Crippen LogP contribution in [-0.2, 0) is 5.41 Å². The zero-order valence-electron chi connectivity index (χ0n) is 11.7. The van der Waals surface area contributed by atoms with Gasteiger partial charge < -0.3 is 4.57 Å². The lowest BCUT2D eigenvalue weighted by Gasteiger charge is -2.23. The van der Waals surface area contributed by atoms with Crippen molar-refractivity contribution in [1.82, 2.24) is 4.57 Å². The van der Waals surface area contributed by atoms with Crippen LogP contribution in [0.5, 0.6) is 0 Å². The minimum atomic E-state index is 0.141. The van der Waals surface area contributed by atoms with Crippen molar-refractivity contribution in [2.45, 2.75) is 26.2 Å². The van der Waals surface area contributed by atoms with Crippen molar-refractivity contribution >= 4 is 10.9 Å². The van der Waals surface area contributed by atoms with Gasteiger partial charge in [0.25, 0.3) is 0 Å². The summed E-state index contributed by atoms with van der Waals surface area (Å²) in [5.74, 6) is 0. The SMILES string of the molecule is CC(C)(C)c1ccccc1-n1ccc2ccccc21. The molecule has 1 heterocycles. The Labute approximate surface area is 114 Å². The molecule has 0 spiro atoms. The molecule has 0 amide bonds. The molecule has 0 aliphatic rings. The molecule has 2 aromatic carbocycles. The third kappa shape index (κ3) is 2.06. The summed E-state index contributed by atoms with van der Waals surface area (Å²) in [6.07, 6.45) is 2.16.